The fraction of sp³-hybridized carbons (Fsp3) is 0. The van der Waals surface area contributed by atoms with Gasteiger partial charge in [0.1, 0.15) is 0 Å². The van der Waals surface area contributed by atoms with Gasteiger partial charge in [0.2, 0.25) is 5.71 Å². The molecule has 0 aliphatic rings. The normalized spacial score (nSPS) is 9.13. The number of carboxylic acids is 2. The molecule has 0 radical (unpaired) electrons. The van der Waals surface area contributed by atoms with Gasteiger partial charge in [0.05, 0.1) is 11.4 Å². The minimum absolute atomic E-state index is 0.512. The number of halogens is 2. The van der Waals surface area contributed by atoms with Crippen molar-refractivity contribution in [3.8, 4) is 0 Å². The van der Waals surface area contributed by atoms with E-state index in [1.54, 1.807) is 54.6 Å². The molecule has 0 amide bonds. The fourth-order valence-electron chi connectivity index (χ4n) is 1.62. The van der Waals surface area contributed by atoms with Crippen molar-refractivity contribution >= 4 is 68.4 Å². The van der Waals surface area contributed by atoms with Crippen LogP contribution in [0.15, 0.2) is 70.9 Å². The summed E-state index contributed by atoms with van der Waals surface area (Å²) in [4.78, 5) is 42.2. The molecule has 0 unspecified atom stereocenters. The highest BCUT2D eigenvalue weighted by Gasteiger charge is 2.18. The SMILES string of the molecule is O=C(Cl)C(=NNc1ccccc1)C(=O)Cl.O=C(O)C(=NNc1ccccc1)C(=O)O. The molecule has 2 aromatic carbocycles. The molecule has 0 atom stereocenters. The number of nitrogens with zero attached hydrogens (tertiary/aromatic N) is 2. The second kappa shape index (κ2) is 12.6. The number of para-hydroxylation sites is 2. The maximum Gasteiger partial charge on any atom is 0.364 e. The largest absolute Gasteiger partial charge is 0.476 e. The van der Waals surface area contributed by atoms with Crippen LogP contribution in [0.3, 0.4) is 0 Å². The lowest BCUT2D eigenvalue weighted by Gasteiger charge is -1.99. The summed E-state index contributed by atoms with van der Waals surface area (Å²) in [7, 11) is 0. The number of carbonyl (C=O) groups excluding carboxylic acids is 2. The van der Waals surface area contributed by atoms with Crippen LogP contribution in [0.1, 0.15) is 0 Å². The van der Waals surface area contributed by atoms with Crippen molar-refractivity contribution in [2.75, 3.05) is 10.9 Å². The maximum absolute atomic E-state index is 10.7. The van der Waals surface area contributed by atoms with Crippen LogP contribution in [-0.4, -0.2) is 44.1 Å². The molecular weight excluding hydrogens is 439 g/mol. The van der Waals surface area contributed by atoms with E-state index < -0.39 is 33.8 Å². The summed E-state index contributed by atoms with van der Waals surface area (Å²) in [5, 5.41) is 21.7. The van der Waals surface area contributed by atoms with E-state index in [-0.39, 0.29) is 0 Å². The van der Waals surface area contributed by atoms with Crippen molar-refractivity contribution in [1.82, 2.24) is 0 Å². The third-order valence-electron chi connectivity index (χ3n) is 2.92. The van der Waals surface area contributed by atoms with Crippen LogP contribution in [0.4, 0.5) is 11.4 Å². The number of benzene rings is 2. The van der Waals surface area contributed by atoms with Crippen LogP contribution in [0.25, 0.3) is 0 Å². The summed E-state index contributed by atoms with van der Waals surface area (Å²) >= 11 is 10.2. The second-order valence-corrected chi connectivity index (χ2v) is 5.72. The van der Waals surface area contributed by atoms with Crippen molar-refractivity contribution in [3.63, 3.8) is 0 Å². The fourth-order valence-corrected chi connectivity index (χ4v) is 1.92. The molecule has 0 spiro atoms. The summed E-state index contributed by atoms with van der Waals surface area (Å²) in [6.07, 6.45) is 0. The molecule has 156 valence electrons. The first-order valence-corrected chi connectivity index (χ1v) is 8.61. The van der Waals surface area contributed by atoms with Gasteiger partial charge in [0.25, 0.3) is 16.2 Å². The standard InChI is InChI=1S/C9H6Cl2N2O2.C9H8N2O4/c10-8(14)7(9(11)15)13-12-6-4-2-1-3-5-6;12-8(13)7(9(14)15)11-10-6-4-2-1-3-5-6/h1-5,12H;1-5,10H,(H,12,13)(H,14,15). The molecular formula is C18H14Cl2N4O6. The second-order valence-electron chi connectivity index (χ2n) is 5.03. The Bertz CT molecular complexity index is 854. The molecule has 2 rings (SSSR count). The Kier molecular flexibility index (Phi) is 10.2. The summed E-state index contributed by atoms with van der Waals surface area (Å²) in [6, 6.07) is 17.2. The molecule has 0 aliphatic heterocycles. The number of hydrogen-bond acceptors (Lipinski definition) is 8. The predicted octanol–water partition coefficient (Wildman–Crippen LogP) is 2.61. The van der Waals surface area contributed by atoms with Crippen LogP contribution >= 0.6 is 23.2 Å². The Morgan fingerprint density at radius 3 is 1.27 bits per heavy atom. The molecule has 0 saturated heterocycles. The van der Waals surface area contributed by atoms with E-state index in [1.807, 2.05) is 6.07 Å². The molecule has 2 aromatic rings. The van der Waals surface area contributed by atoms with Gasteiger partial charge < -0.3 is 10.2 Å². The van der Waals surface area contributed by atoms with Gasteiger partial charge in [-0.1, -0.05) is 36.4 Å². The lowest BCUT2D eigenvalue weighted by atomic mass is 10.3. The van der Waals surface area contributed by atoms with Gasteiger partial charge in [-0.05, 0) is 47.5 Å². The van der Waals surface area contributed by atoms with Crippen molar-refractivity contribution in [1.29, 1.82) is 0 Å². The van der Waals surface area contributed by atoms with Crippen LogP contribution in [0.2, 0.25) is 0 Å². The molecule has 0 bridgehead atoms. The quantitative estimate of drug-likeness (QED) is 0.206. The monoisotopic (exact) mass is 452 g/mol. The van der Waals surface area contributed by atoms with Gasteiger partial charge in [-0.15, -0.1) is 0 Å². The van der Waals surface area contributed by atoms with Gasteiger partial charge in [-0.2, -0.15) is 10.2 Å². The Morgan fingerprint density at radius 2 is 0.967 bits per heavy atom. The third-order valence-corrected chi connectivity index (χ3v) is 3.28. The van der Waals surface area contributed by atoms with E-state index in [0.717, 1.165) is 0 Å². The average molecular weight is 453 g/mol. The lowest BCUT2D eigenvalue weighted by Crippen LogP contribution is -2.24. The topological polar surface area (TPSA) is 158 Å². The van der Waals surface area contributed by atoms with Gasteiger partial charge in [-0.25, -0.2) is 9.59 Å². The van der Waals surface area contributed by atoms with Crippen molar-refractivity contribution in [2.24, 2.45) is 10.2 Å². The first-order chi connectivity index (χ1) is 14.2. The van der Waals surface area contributed by atoms with Gasteiger partial charge in [-0.3, -0.25) is 20.4 Å². The van der Waals surface area contributed by atoms with E-state index in [9.17, 15) is 19.2 Å². The molecule has 0 aromatic heterocycles. The Hall–Kier alpha value is -3.76. The summed E-state index contributed by atoms with van der Waals surface area (Å²) in [6.45, 7) is 0. The third kappa shape index (κ3) is 8.95. The first kappa shape index (κ1) is 24.3. The molecule has 30 heavy (non-hydrogen) atoms. The van der Waals surface area contributed by atoms with Crippen molar-refractivity contribution in [3.05, 3.63) is 60.7 Å². The predicted molar refractivity (Wildman–Crippen MR) is 112 cm³/mol. The Balaban J connectivity index is 0.000000300. The zero-order valence-electron chi connectivity index (χ0n) is 15.0. The van der Waals surface area contributed by atoms with E-state index in [4.69, 9.17) is 33.4 Å². The van der Waals surface area contributed by atoms with Crippen LogP contribution < -0.4 is 10.9 Å². The van der Waals surface area contributed by atoms with Gasteiger partial charge >= 0.3 is 11.9 Å². The lowest BCUT2D eigenvalue weighted by molar-refractivity contribution is -0.134. The minimum Gasteiger partial charge on any atom is -0.476 e. The Morgan fingerprint density at radius 1 is 0.633 bits per heavy atom. The van der Waals surface area contributed by atoms with Crippen molar-refractivity contribution < 1.29 is 29.4 Å². The number of nitrogens with one attached hydrogen (secondary N) is 2. The van der Waals surface area contributed by atoms with Crippen LogP contribution in [0.5, 0.6) is 0 Å². The molecule has 0 fully saturated rings. The molecule has 4 N–H and O–H groups in total. The zero-order chi connectivity index (χ0) is 22.5. The number of hydrazone groups is 2. The van der Waals surface area contributed by atoms with E-state index in [0.29, 0.717) is 11.4 Å². The number of rotatable bonds is 8. The molecule has 12 heteroatoms. The Labute approximate surface area is 179 Å². The number of anilines is 2. The van der Waals surface area contributed by atoms with Gasteiger partial charge in [0.15, 0.2) is 0 Å². The maximum atomic E-state index is 10.7. The van der Waals surface area contributed by atoms with E-state index >= 15 is 0 Å². The molecule has 10 nitrogen and oxygen atoms in total. The molecule has 0 aliphatic carbocycles. The number of carbonyl (C=O) groups is 4. The number of hydrogen-bond donors (Lipinski definition) is 4. The zero-order valence-corrected chi connectivity index (χ0v) is 16.5. The highest BCUT2D eigenvalue weighted by Crippen LogP contribution is 2.06. The first-order valence-electron chi connectivity index (χ1n) is 7.86. The highest BCUT2D eigenvalue weighted by atomic mass is 35.5. The smallest absolute Gasteiger partial charge is 0.364 e. The van der Waals surface area contributed by atoms with Crippen LogP contribution in [-0.2, 0) is 19.2 Å². The van der Waals surface area contributed by atoms with E-state index in [1.165, 1.54) is 0 Å². The number of carboxylic acid groups (broad SMARTS) is 2. The average Bonchev–Trinajstić information content (AvgIpc) is 2.69. The highest BCUT2D eigenvalue weighted by molar-refractivity contribution is 7.01. The van der Waals surface area contributed by atoms with Gasteiger partial charge in [0, 0.05) is 0 Å². The number of aliphatic carboxylic acids is 2. The summed E-state index contributed by atoms with van der Waals surface area (Å²) < 4.78 is 0. The molecule has 0 heterocycles. The van der Waals surface area contributed by atoms with Crippen molar-refractivity contribution in [2.45, 2.75) is 0 Å². The summed E-state index contributed by atoms with van der Waals surface area (Å²) in [5.41, 5.74) is 4.45. The molecule has 0 saturated carbocycles. The minimum atomic E-state index is -1.59. The van der Waals surface area contributed by atoms with E-state index in [2.05, 4.69) is 21.1 Å². The van der Waals surface area contributed by atoms with Crippen LogP contribution in [0, 0.1) is 0 Å². The summed E-state index contributed by atoms with van der Waals surface area (Å²) in [5.74, 6) is -3.18.